The third-order valence-corrected chi connectivity index (χ3v) is 9.77. The van der Waals surface area contributed by atoms with E-state index in [0.717, 1.165) is 0 Å². The van der Waals surface area contributed by atoms with Gasteiger partial charge < -0.3 is 20.1 Å². The van der Waals surface area contributed by atoms with Crippen molar-refractivity contribution in [1.29, 1.82) is 0 Å². The molecule has 14 heteroatoms. The summed E-state index contributed by atoms with van der Waals surface area (Å²) in [6.45, 7) is 5.57. The van der Waals surface area contributed by atoms with E-state index in [4.69, 9.17) is 23.2 Å². The van der Waals surface area contributed by atoms with Crippen molar-refractivity contribution in [1.82, 2.24) is 24.8 Å². The van der Waals surface area contributed by atoms with Crippen LogP contribution in [0.4, 0.5) is 4.39 Å². The maximum Gasteiger partial charge on any atom is 0.268 e. The molecule has 3 aromatic rings. The first kappa shape index (κ1) is 30.3. The summed E-state index contributed by atoms with van der Waals surface area (Å²) in [4.78, 5) is 45.9. The number of likely N-dealkylation sites (tertiary alicyclic amines) is 2. The zero-order chi connectivity index (χ0) is 30.6. The second-order valence-electron chi connectivity index (χ2n) is 11.7. The summed E-state index contributed by atoms with van der Waals surface area (Å²) in [6, 6.07) is 8.29. The maximum absolute atomic E-state index is 13.7. The average molecular weight is 639 g/mol. The third kappa shape index (κ3) is 5.98. The van der Waals surface area contributed by atoms with Gasteiger partial charge in [0, 0.05) is 29.0 Å². The Kier molecular flexibility index (Phi) is 8.03. The van der Waals surface area contributed by atoms with E-state index < -0.39 is 45.7 Å². The molecule has 2 aliphatic heterocycles. The van der Waals surface area contributed by atoms with Crippen molar-refractivity contribution >= 4 is 61.8 Å². The van der Waals surface area contributed by atoms with Crippen LogP contribution in [-0.2, 0) is 19.6 Å². The molecule has 2 aliphatic rings. The molecule has 0 radical (unpaired) electrons. The number of hydrogen-bond acceptors (Lipinski definition) is 5. The van der Waals surface area contributed by atoms with E-state index in [-0.39, 0.29) is 51.7 Å². The SMILES string of the molecule is CC(C)(C)[C@H](NC(=O)c1cc2cc(F)ccc2[nH]1)C(=O)N1C[C@@H]2C[C@H]1CN2C(=O)CNS(=O)(=O)c1cc(Cl)ccc1Cl. The van der Waals surface area contributed by atoms with E-state index in [1.807, 2.05) is 20.8 Å². The van der Waals surface area contributed by atoms with Gasteiger partial charge in [0.25, 0.3) is 5.91 Å². The molecule has 2 bridgehead atoms. The second-order valence-corrected chi connectivity index (χ2v) is 14.2. The van der Waals surface area contributed by atoms with Crippen molar-refractivity contribution in [3.8, 4) is 0 Å². The minimum Gasteiger partial charge on any atom is -0.351 e. The fourth-order valence-corrected chi connectivity index (χ4v) is 7.25. The number of rotatable bonds is 7. The third-order valence-electron chi connectivity index (χ3n) is 7.66. The molecule has 10 nitrogen and oxygen atoms in total. The molecule has 3 amide bonds. The summed E-state index contributed by atoms with van der Waals surface area (Å²) in [5.74, 6) is -1.61. The van der Waals surface area contributed by atoms with Crippen molar-refractivity contribution in [2.45, 2.75) is 50.2 Å². The predicted octanol–water partition coefficient (Wildman–Crippen LogP) is 3.55. The van der Waals surface area contributed by atoms with Gasteiger partial charge in [-0.2, -0.15) is 0 Å². The molecule has 0 spiro atoms. The van der Waals surface area contributed by atoms with Crippen LogP contribution in [0.15, 0.2) is 47.4 Å². The van der Waals surface area contributed by atoms with Crippen molar-refractivity contribution in [2.24, 2.45) is 5.41 Å². The summed E-state index contributed by atoms with van der Waals surface area (Å²) < 4.78 is 41.3. The van der Waals surface area contributed by atoms with Crippen LogP contribution in [0.2, 0.25) is 10.0 Å². The van der Waals surface area contributed by atoms with Crippen LogP contribution in [0.25, 0.3) is 10.9 Å². The van der Waals surface area contributed by atoms with E-state index in [1.54, 1.807) is 15.9 Å². The number of carbonyl (C=O) groups is 3. The summed E-state index contributed by atoms with van der Waals surface area (Å²) >= 11 is 11.9. The van der Waals surface area contributed by atoms with Gasteiger partial charge in [-0.3, -0.25) is 14.4 Å². The lowest BCUT2D eigenvalue weighted by atomic mass is 9.85. The van der Waals surface area contributed by atoms with Crippen LogP contribution in [-0.4, -0.2) is 78.7 Å². The summed E-state index contributed by atoms with van der Waals surface area (Å²) in [5, 5.41) is 3.56. The van der Waals surface area contributed by atoms with Gasteiger partial charge in [-0.25, -0.2) is 17.5 Å². The highest BCUT2D eigenvalue weighted by atomic mass is 35.5. The quantitative estimate of drug-likeness (QED) is 0.365. The van der Waals surface area contributed by atoms with Gasteiger partial charge in [0.2, 0.25) is 21.8 Å². The minimum absolute atomic E-state index is 0.0207. The van der Waals surface area contributed by atoms with Crippen LogP contribution < -0.4 is 10.0 Å². The molecule has 42 heavy (non-hydrogen) atoms. The molecule has 2 fully saturated rings. The molecule has 224 valence electrons. The molecule has 3 atom stereocenters. The van der Waals surface area contributed by atoms with Gasteiger partial charge in [-0.15, -0.1) is 0 Å². The van der Waals surface area contributed by atoms with Crippen LogP contribution >= 0.6 is 23.2 Å². The molecule has 5 rings (SSSR count). The van der Waals surface area contributed by atoms with Crippen molar-refractivity contribution in [3.05, 3.63) is 64.0 Å². The highest BCUT2D eigenvalue weighted by Gasteiger charge is 2.49. The Hall–Kier alpha value is -3.19. The molecular formula is C28H30Cl2FN5O5S. The van der Waals surface area contributed by atoms with E-state index in [2.05, 4.69) is 15.0 Å². The lowest BCUT2D eigenvalue weighted by molar-refractivity contribution is -0.142. The molecule has 2 saturated heterocycles. The zero-order valence-electron chi connectivity index (χ0n) is 23.1. The number of halogens is 3. The van der Waals surface area contributed by atoms with Crippen LogP contribution in [0.3, 0.4) is 0 Å². The van der Waals surface area contributed by atoms with Crippen molar-refractivity contribution < 1.29 is 27.2 Å². The lowest BCUT2D eigenvalue weighted by Gasteiger charge is -2.39. The number of carbonyl (C=O) groups excluding carboxylic acids is 3. The number of aromatic amines is 1. The zero-order valence-corrected chi connectivity index (χ0v) is 25.4. The topological polar surface area (TPSA) is 132 Å². The summed E-state index contributed by atoms with van der Waals surface area (Å²) in [7, 11) is -4.09. The highest BCUT2D eigenvalue weighted by Crippen LogP contribution is 2.33. The first-order valence-corrected chi connectivity index (χ1v) is 15.5. The number of fused-ring (bicyclic) bond motifs is 3. The number of hydrogen-bond donors (Lipinski definition) is 3. The van der Waals surface area contributed by atoms with E-state index in [9.17, 15) is 27.2 Å². The Morgan fingerprint density at radius 2 is 1.74 bits per heavy atom. The molecule has 1 aromatic heterocycles. The van der Waals surface area contributed by atoms with Gasteiger partial charge >= 0.3 is 0 Å². The molecular weight excluding hydrogens is 608 g/mol. The largest absolute Gasteiger partial charge is 0.351 e. The molecule has 3 heterocycles. The normalized spacial score (nSPS) is 19.4. The number of nitrogens with zero attached hydrogens (tertiary/aromatic N) is 2. The second kappa shape index (κ2) is 11.1. The summed E-state index contributed by atoms with van der Waals surface area (Å²) in [6.07, 6.45) is 0.544. The molecule has 0 aliphatic carbocycles. The molecule has 0 unspecified atom stereocenters. The Balaban J connectivity index is 1.23. The predicted molar refractivity (Wildman–Crippen MR) is 156 cm³/mol. The highest BCUT2D eigenvalue weighted by molar-refractivity contribution is 7.89. The Bertz CT molecular complexity index is 1690. The van der Waals surface area contributed by atoms with Crippen molar-refractivity contribution in [3.63, 3.8) is 0 Å². The number of nitrogens with one attached hydrogen (secondary N) is 3. The van der Waals surface area contributed by atoms with E-state index >= 15 is 0 Å². The monoisotopic (exact) mass is 637 g/mol. The van der Waals surface area contributed by atoms with Gasteiger partial charge in [0.15, 0.2) is 0 Å². The number of benzene rings is 2. The first-order valence-electron chi connectivity index (χ1n) is 13.3. The number of amides is 3. The van der Waals surface area contributed by atoms with E-state index in [0.29, 0.717) is 17.3 Å². The summed E-state index contributed by atoms with van der Waals surface area (Å²) in [5.41, 5.74) is 0.167. The molecule has 0 saturated carbocycles. The van der Waals surface area contributed by atoms with E-state index in [1.165, 1.54) is 36.4 Å². The minimum atomic E-state index is -4.09. The Morgan fingerprint density at radius 1 is 1.05 bits per heavy atom. The standard InChI is InChI=1S/C28H30Cl2FN5O5S/c1-28(2,3)25(34-26(38)22-9-15-8-17(31)5-7-21(15)33-22)27(39)36-14-18-11-19(36)13-35(18)24(37)12-32-42(40,41)23-10-16(29)4-6-20(23)30/h4-10,18-19,25,32-33H,11-14H2,1-3H3,(H,34,38)/t18-,19-,25+/m0/s1. The first-order chi connectivity index (χ1) is 19.6. The smallest absolute Gasteiger partial charge is 0.268 e. The van der Waals surface area contributed by atoms with Crippen LogP contribution in [0.5, 0.6) is 0 Å². The Labute approximate surface area is 252 Å². The number of piperazine rings is 1. The number of aromatic nitrogens is 1. The van der Waals surface area contributed by atoms with Crippen LogP contribution in [0.1, 0.15) is 37.7 Å². The maximum atomic E-state index is 13.7. The Morgan fingerprint density at radius 3 is 2.40 bits per heavy atom. The fourth-order valence-electron chi connectivity index (χ4n) is 5.51. The molecule has 2 aromatic carbocycles. The number of H-pyrrole nitrogens is 1. The fraction of sp³-hybridized carbons (Fsp3) is 0.393. The lowest BCUT2D eigenvalue weighted by Crippen LogP contribution is -2.59. The van der Waals surface area contributed by atoms with Gasteiger partial charge in [0.05, 0.1) is 23.7 Å². The number of sulfonamides is 1. The van der Waals surface area contributed by atoms with Crippen molar-refractivity contribution in [2.75, 3.05) is 19.6 Å². The molecule has 3 N–H and O–H groups in total. The average Bonchev–Trinajstić information content (AvgIpc) is 3.64. The van der Waals surface area contributed by atoms with Gasteiger partial charge in [-0.05, 0) is 54.3 Å². The van der Waals surface area contributed by atoms with Gasteiger partial charge in [0.1, 0.15) is 22.4 Å². The van der Waals surface area contributed by atoms with Gasteiger partial charge in [-0.1, -0.05) is 44.0 Å². The van der Waals surface area contributed by atoms with Crippen LogP contribution in [0, 0.1) is 11.2 Å².